The molecule has 2 aromatic carbocycles. The standard InChI is InChI=1S/C21H26FNO4/c1-5-18(27-17-9-7-16(22)8-10-17)21(24)23-13-15-6-11-19(26-14(2)3)20(12-15)25-4/h6-12,14,18H,5,13H2,1-4H3,(H,23,24). The highest BCUT2D eigenvalue weighted by atomic mass is 19.1. The average molecular weight is 375 g/mol. The Hall–Kier alpha value is -2.76. The van der Waals surface area contributed by atoms with Gasteiger partial charge < -0.3 is 19.5 Å². The maximum atomic E-state index is 13.0. The van der Waals surface area contributed by atoms with Crippen molar-refractivity contribution < 1.29 is 23.4 Å². The van der Waals surface area contributed by atoms with Crippen LogP contribution in [0.4, 0.5) is 4.39 Å². The summed E-state index contributed by atoms with van der Waals surface area (Å²) in [6, 6.07) is 11.1. The minimum Gasteiger partial charge on any atom is -0.493 e. The van der Waals surface area contributed by atoms with E-state index in [1.165, 1.54) is 24.3 Å². The summed E-state index contributed by atoms with van der Waals surface area (Å²) in [7, 11) is 1.58. The van der Waals surface area contributed by atoms with Gasteiger partial charge in [0.05, 0.1) is 13.2 Å². The molecule has 0 saturated carbocycles. The molecule has 0 heterocycles. The van der Waals surface area contributed by atoms with Gasteiger partial charge in [-0.1, -0.05) is 13.0 Å². The molecule has 0 aliphatic heterocycles. The summed E-state index contributed by atoms with van der Waals surface area (Å²) < 4.78 is 29.7. The van der Waals surface area contributed by atoms with Crippen molar-refractivity contribution >= 4 is 5.91 Å². The summed E-state index contributed by atoms with van der Waals surface area (Å²) in [5.74, 6) is 1.15. The SMILES string of the molecule is CCC(Oc1ccc(F)cc1)C(=O)NCc1ccc(OC(C)C)c(OC)c1. The molecule has 5 nitrogen and oxygen atoms in total. The Bertz CT molecular complexity index is 746. The third-order valence-electron chi connectivity index (χ3n) is 3.81. The molecular weight excluding hydrogens is 349 g/mol. The number of methoxy groups -OCH3 is 1. The van der Waals surface area contributed by atoms with E-state index in [9.17, 15) is 9.18 Å². The molecule has 0 spiro atoms. The van der Waals surface area contributed by atoms with Crippen molar-refractivity contribution in [2.45, 2.75) is 45.9 Å². The molecule has 2 aromatic rings. The molecule has 0 fully saturated rings. The van der Waals surface area contributed by atoms with E-state index in [-0.39, 0.29) is 17.8 Å². The van der Waals surface area contributed by atoms with Crippen LogP contribution in [0.1, 0.15) is 32.8 Å². The molecule has 6 heteroatoms. The summed E-state index contributed by atoms with van der Waals surface area (Å²) in [6.07, 6.45) is -0.118. The van der Waals surface area contributed by atoms with E-state index >= 15 is 0 Å². The topological polar surface area (TPSA) is 56.8 Å². The van der Waals surface area contributed by atoms with Crippen molar-refractivity contribution in [1.29, 1.82) is 0 Å². The van der Waals surface area contributed by atoms with Crippen LogP contribution >= 0.6 is 0 Å². The predicted octanol–water partition coefficient (Wildman–Crippen LogP) is 4.10. The van der Waals surface area contributed by atoms with Crippen molar-refractivity contribution in [3.63, 3.8) is 0 Å². The van der Waals surface area contributed by atoms with Crippen LogP contribution in [0.25, 0.3) is 0 Å². The molecule has 0 aromatic heterocycles. The Morgan fingerprint density at radius 3 is 2.37 bits per heavy atom. The Balaban J connectivity index is 1.97. The van der Waals surface area contributed by atoms with E-state index < -0.39 is 6.10 Å². The highest BCUT2D eigenvalue weighted by Gasteiger charge is 2.18. The van der Waals surface area contributed by atoms with Crippen LogP contribution in [0.15, 0.2) is 42.5 Å². The fourth-order valence-electron chi connectivity index (χ4n) is 2.48. The second-order valence-corrected chi connectivity index (χ2v) is 6.34. The van der Waals surface area contributed by atoms with Gasteiger partial charge in [0.15, 0.2) is 17.6 Å². The Morgan fingerprint density at radius 2 is 1.78 bits per heavy atom. The average Bonchev–Trinajstić information content (AvgIpc) is 2.66. The van der Waals surface area contributed by atoms with E-state index in [0.717, 1.165) is 5.56 Å². The van der Waals surface area contributed by atoms with E-state index in [1.807, 2.05) is 39.0 Å². The maximum absolute atomic E-state index is 13.0. The Labute approximate surface area is 159 Å². The quantitative estimate of drug-likeness (QED) is 0.717. The van der Waals surface area contributed by atoms with Crippen molar-refractivity contribution in [2.75, 3.05) is 7.11 Å². The van der Waals surface area contributed by atoms with E-state index in [4.69, 9.17) is 14.2 Å². The van der Waals surface area contributed by atoms with Crippen molar-refractivity contribution in [3.8, 4) is 17.2 Å². The molecule has 2 rings (SSSR count). The van der Waals surface area contributed by atoms with Gasteiger partial charge in [-0.3, -0.25) is 4.79 Å². The lowest BCUT2D eigenvalue weighted by Gasteiger charge is -2.18. The van der Waals surface area contributed by atoms with Gasteiger partial charge in [-0.15, -0.1) is 0 Å². The number of carbonyl (C=O) groups is 1. The number of halogens is 1. The lowest BCUT2D eigenvalue weighted by Crippen LogP contribution is -2.37. The molecule has 1 unspecified atom stereocenters. The maximum Gasteiger partial charge on any atom is 0.261 e. The fourth-order valence-corrected chi connectivity index (χ4v) is 2.48. The Kier molecular flexibility index (Phi) is 7.46. The van der Waals surface area contributed by atoms with E-state index in [1.54, 1.807) is 7.11 Å². The van der Waals surface area contributed by atoms with E-state index in [0.29, 0.717) is 30.2 Å². The normalized spacial score (nSPS) is 11.8. The van der Waals surface area contributed by atoms with Gasteiger partial charge in [0.25, 0.3) is 5.91 Å². The lowest BCUT2D eigenvalue weighted by molar-refractivity contribution is -0.128. The zero-order chi connectivity index (χ0) is 19.8. The minimum atomic E-state index is -0.652. The van der Waals surface area contributed by atoms with Crippen molar-refractivity contribution in [1.82, 2.24) is 5.32 Å². The van der Waals surface area contributed by atoms with Crippen LogP contribution in [-0.4, -0.2) is 25.2 Å². The van der Waals surface area contributed by atoms with Gasteiger partial charge in [0, 0.05) is 6.54 Å². The summed E-state index contributed by atoms with van der Waals surface area (Å²) >= 11 is 0. The molecule has 1 amide bonds. The van der Waals surface area contributed by atoms with Crippen molar-refractivity contribution in [2.24, 2.45) is 0 Å². The predicted molar refractivity (Wildman–Crippen MR) is 102 cm³/mol. The summed E-state index contributed by atoms with van der Waals surface area (Å²) in [5.41, 5.74) is 0.882. The zero-order valence-electron chi connectivity index (χ0n) is 16.1. The second-order valence-electron chi connectivity index (χ2n) is 6.34. The van der Waals surface area contributed by atoms with Gasteiger partial charge in [0.1, 0.15) is 11.6 Å². The molecule has 1 atom stereocenters. The van der Waals surface area contributed by atoms with Crippen molar-refractivity contribution in [3.05, 3.63) is 53.8 Å². The third kappa shape index (κ3) is 6.16. The molecule has 0 radical (unpaired) electrons. The highest BCUT2D eigenvalue weighted by Crippen LogP contribution is 2.29. The summed E-state index contributed by atoms with van der Waals surface area (Å²) in [4.78, 5) is 12.4. The monoisotopic (exact) mass is 375 g/mol. The zero-order valence-corrected chi connectivity index (χ0v) is 16.1. The number of ether oxygens (including phenoxy) is 3. The second kappa shape index (κ2) is 9.80. The first kappa shape index (κ1) is 20.6. The van der Waals surface area contributed by atoms with Crippen LogP contribution in [-0.2, 0) is 11.3 Å². The lowest BCUT2D eigenvalue weighted by atomic mass is 10.2. The van der Waals surface area contributed by atoms with Gasteiger partial charge in [0.2, 0.25) is 0 Å². The van der Waals surface area contributed by atoms with Crippen LogP contribution < -0.4 is 19.5 Å². The summed E-state index contributed by atoms with van der Waals surface area (Å²) in [5, 5.41) is 2.86. The molecular formula is C21H26FNO4. The largest absolute Gasteiger partial charge is 0.493 e. The molecule has 1 N–H and O–H groups in total. The van der Waals surface area contributed by atoms with Gasteiger partial charge >= 0.3 is 0 Å². The van der Waals surface area contributed by atoms with Crippen LogP contribution in [0, 0.1) is 5.82 Å². The first-order valence-corrected chi connectivity index (χ1v) is 8.96. The van der Waals surface area contributed by atoms with Gasteiger partial charge in [-0.2, -0.15) is 0 Å². The number of carbonyl (C=O) groups excluding carboxylic acids is 1. The minimum absolute atomic E-state index is 0.0402. The van der Waals surface area contributed by atoms with E-state index in [2.05, 4.69) is 5.32 Å². The highest BCUT2D eigenvalue weighted by molar-refractivity contribution is 5.81. The molecule has 0 bridgehead atoms. The summed E-state index contributed by atoms with van der Waals surface area (Å²) in [6.45, 7) is 6.08. The number of benzene rings is 2. The van der Waals surface area contributed by atoms with Crippen LogP contribution in [0.3, 0.4) is 0 Å². The number of hydrogen-bond donors (Lipinski definition) is 1. The smallest absolute Gasteiger partial charge is 0.261 e. The number of hydrogen-bond acceptors (Lipinski definition) is 4. The van der Waals surface area contributed by atoms with Gasteiger partial charge in [-0.05, 0) is 62.2 Å². The van der Waals surface area contributed by atoms with Crippen LogP contribution in [0.5, 0.6) is 17.2 Å². The number of rotatable bonds is 9. The first-order valence-electron chi connectivity index (χ1n) is 8.96. The fraction of sp³-hybridized carbons (Fsp3) is 0.381. The number of nitrogens with one attached hydrogen (secondary N) is 1. The molecule has 146 valence electrons. The number of amides is 1. The molecule has 0 aliphatic rings. The molecule has 0 saturated heterocycles. The third-order valence-corrected chi connectivity index (χ3v) is 3.81. The van der Waals surface area contributed by atoms with Crippen LogP contribution in [0.2, 0.25) is 0 Å². The first-order chi connectivity index (χ1) is 12.9. The Morgan fingerprint density at radius 1 is 1.07 bits per heavy atom. The molecule has 27 heavy (non-hydrogen) atoms. The van der Waals surface area contributed by atoms with Gasteiger partial charge in [-0.25, -0.2) is 4.39 Å². The molecule has 0 aliphatic carbocycles.